The lowest BCUT2D eigenvalue weighted by Gasteiger charge is -2.04. The van der Waals surface area contributed by atoms with E-state index in [1.807, 2.05) is 24.3 Å². The fourth-order valence-corrected chi connectivity index (χ4v) is 2.51. The summed E-state index contributed by atoms with van der Waals surface area (Å²) in [7, 11) is 0. The van der Waals surface area contributed by atoms with E-state index >= 15 is 0 Å². The van der Waals surface area contributed by atoms with Crippen LogP contribution in [0.25, 0.3) is 33.3 Å². The molecule has 0 unspecified atom stereocenters. The normalized spacial score (nSPS) is 11.2. The third-order valence-corrected chi connectivity index (χ3v) is 3.50. The number of aromatic hydroxyl groups is 2. The maximum atomic E-state index is 9.93. The highest BCUT2D eigenvalue weighted by Crippen LogP contribution is 2.34. The summed E-state index contributed by atoms with van der Waals surface area (Å²) in [6.45, 7) is 0. The van der Waals surface area contributed by atoms with Gasteiger partial charge in [0.2, 0.25) is 5.89 Å². The molecule has 102 valence electrons. The number of oxazole rings is 1. The highest BCUT2D eigenvalue weighted by atomic mass is 16.3. The second-order valence-electron chi connectivity index (χ2n) is 4.85. The summed E-state index contributed by atoms with van der Waals surface area (Å²) in [5, 5.41) is 21.1. The SMILES string of the molecule is Oc1ccc2nc(-c3cccc4c(O)cccc34)oc2c1. The number of phenols is 2. The van der Waals surface area contributed by atoms with E-state index in [0.29, 0.717) is 17.0 Å². The van der Waals surface area contributed by atoms with Crippen molar-refractivity contribution in [3.8, 4) is 23.0 Å². The van der Waals surface area contributed by atoms with Crippen molar-refractivity contribution in [2.24, 2.45) is 0 Å². The molecule has 4 rings (SSSR count). The predicted molar refractivity (Wildman–Crippen MR) is 80.3 cm³/mol. The fraction of sp³-hybridized carbons (Fsp3) is 0. The van der Waals surface area contributed by atoms with Gasteiger partial charge in [-0.2, -0.15) is 0 Å². The minimum absolute atomic E-state index is 0.140. The van der Waals surface area contributed by atoms with E-state index in [2.05, 4.69) is 4.98 Å². The molecule has 0 bridgehead atoms. The van der Waals surface area contributed by atoms with E-state index in [0.717, 1.165) is 16.3 Å². The summed E-state index contributed by atoms with van der Waals surface area (Å²) in [4.78, 5) is 4.44. The first kappa shape index (κ1) is 11.8. The molecule has 0 aliphatic heterocycles. The number of fused-ring (bicyclic) bond motifs is 2. The number of nitrogens with zero attached hydrogens (tertiary/aromatic N) is 1. The highest BCUT2D eigenvalue weighted by Gasteiger charge is 2.12. The number of aromatic nitrogens is 1. The lowest BCUT2D eigenvalue weighted by molar-refractivity contribution is 0.474. The molecule has 1 heterocycles. The molecule has 1 aromatic heterocycles. The second-order valence-corrected chi connectivity index (χ2v) is 4.85. The minimum atomic E-state index is 0.140. The molecule has 0 amide bonds. The van der Waals surface area contributed by atoms with E-state index in [-0.39, 0.29) is 11.5 Å². The summed E-state index contributed by atoms with van der Waals surface area (Å²) in [5.41, 5.74) is 2.02. The number of hydrogen-bond donors (Lipinski definition) is 2. The van der Waals surface area contributed by atoms with Crippen molar-refractivity contribution in [2.75, 3.05) is 0 Å². The van der Waals surface area contributed by atoms with E-state index in [4.69, 9.17) is 4.42 Å². The molecule has 4 nitrogen and oxygen atoms in total. The van der Waals surface area contributed by atoms with Crippen LogP contribution >= 0.6 is 0 Å². The number of benzene rings is 3. The molecule has 0 spiro atoms. The molecule has 0 fully saturated rings. The van der Waals surface area contributed by atoms with Gasteiger partial charge in [-0.25, -0.2) is 4.98 Å². The Labute approximate surface area is 119 Å². The molecular weight excluding hydrogens is 266 g/mol. The molecule has 0 saturated heterocycles. The van der Waals surface area contributed by atoms with Crippen molar-refractivity contribution in [1.82, 2.24) is 4.98 Å². The van der Waals surface area contributed by atoms with Gasteiger partial charge in [-0.3, -0.25) is 0 Å². The Morgan fingerprint density at radius 1 is 0.857 bits per heavy atom. The molecule has 0 saturated carbocycles. The third kappa shape index (κ3) is 1.80. The number of phenolic OH excluding ortho intramolecular Hbond substituents is 2. The quantitative estimate of drug-likeness (QED) is 0.550. The zero-order valence-corrected chi connectivity index (χ0v) is 10.9. The van der Waals surface area contributed by atoms with Gasteiger partial charge in [-0.1, -0.05) is 24.3 Å². The number of hydrogen-bond acceptors (Lipinski definition) is 4. The van der Waals surface area contributed by atoms with Crippen molar-refractivity contribution in [1.29, 1.82) is 0 Å². The van der Waals surface area contributed by atoms with Crippen LogP contribution in [0.2, 0.25) is 0 Å². The van der Waals surface area contributed by atoms with Gasteiger partial charge in [0.1, 0.15) is 17.0 Å². The number of rotatable bonds is 1. The van der Waals surface area contributed by atoms with Crippen LogP contribution < -0.4 is 0 Å². The zero-order valence-electron chi connectivity index (χ0n) is 10.9. The van der Waals surface area contributed by atoms with Gasteiger partial charge in [-0.15, -0.1) is 0 Å². The van der Waals surface area contributed by atoms with Gasteiger partial charge >= 0.3 is 0 Å². The molecule has 3 aromatic carbocycles. The highest BCUT2D eigenvalue weighted by molar-refractivity contribution is 5.98. The third-order valence-electron chi connectivity index (χ3n) is 3.50. The van der Waals surface area contributed by atoms with E-state index in [9.17, 15) is 10.2 Å². The Morgan fingerprint density at radius 2 is 1.67 bits per heavy atom. The summed E-state index contributed by atoms with van der Waals surface area (Å²) < 4.78 is 5.73. The van der Waals surface area contributed by atoms with Gasteiger partial charge in [0.15, 0.2) is 5.58 Å². The van der Waals surface area contributed by atoms with Crippen LogP contribution in [0.3, 0.4) is 0 Å². The van der Waals surface area contributed by atoms with Crippen LogP contribution in [-0.4, -0.2) is 15.2 Å². The summed E-state index contributed by atoms with van der Waals surface area (Å²) in [5.74, 6) is 0.829. The minimum Gasteiger partial charge on any atom is -0.508 e. The lowest BCUT2D eigenvalue weighted by Crippen LogP contribution is -1.81. The molecule has 21 heavy (non-hydrogen) atoms. The van der Waals surface area contributed by atoms with Crippen molar-refractivity contribution in [3.05, 3.63) is 54.6 Å². The van der Waals surface area contributed by atoms with Crippen molar-refractivity contribution >= 4 is 21.9 Å². The fourth-order valence-electron chi connectivity index (χ4n) is 2.51. The molecule has 2 N–H and O–H groups in total. The summed E-state index contributed by atoms with van der Waals surface area (Å²) in [6.07, 6.45) is 0. The molecule has 0 aliphatic rings. The monoisotopic (exact) mass is 277 g/mol. The first-order chi connectivity index (χ1) is 10.2. The van der Waals surface area contributed by atoms with Gasteiger partial charge < -0.3 is 14.6 Å². The van der Waals surface area contributed by atoms with Crippen LogP contribution in [0.4, 0.5) is 0 Å². The van der Waals surface area contributed by atoms with E-state index < -0.39 is 0 Å². The smallest absolute Gasteiger partial charge is 0.227 e. The lowest BCUT2D eigenvalue weighted by atomic mass is 10.0. The Balaban J connectivity index is 2.02. The van der Waals surface area contributed by atoms with Crippen LogP contribution in [0.15, 0.2) is 59.0 Å². The van der Waals surface area contributed by atoms with Gasteiger partial charge in [0.25, 0.3) is 0 Å². The average Bonchev–Trinajstić information content (AvgIpc) is 2.90. The Hall–Kier alpha value is -3.01. The van der Waals surface area contributed by atoms with Crippen LogP contribution in [0.1, 0.15) is 0 Å². The van der Waals surface area contributed by atoms with Crippen LogP contribution in [0.5, 0.6) is 11.5 Å². The largest absolute Gasteiger partial charge is 0.508 e. The van der Waals surface area contributed by atoms with Crippen molar-refractivity contribution < 1.29 is 14.6 Å². The predicted octanol–water partition coefficient (Wildman–Crippen LogP) is 4.06. The van der Waals surface area contributed by atoms with E-state index in [1.165, 1.54) is 6.07 Å². The molecule has 0 atom stereocenters. The molecular formula is C17H11NO3. The standard InChI is InChI=1S/C17H11NO3/c19-10-7-8-14-16(9-10)21-17(18-14)13-5-1-4-12-11(13)3-2-6-15(12)20/h1-9,19-20H. The molecule has 4 aromatic rings. The Bertz CT molecular complexity index is 972. The van der Waals surface area contributed by atoms with E-state index in [1.54, 1.807) is 24.3 Å². The average molecular weight is 277 g/mol. The van der Waals surface area contributed by atoms with Gasteiger partial charge in [0, 0.05) is 17.0 Å². The van der Waals surface area contributed by atoms with Crippen LogP contribution in [-0.2, 0) is 0 Å². The maximum absolute atomic E-state index is 9.93. The first-order valence-electron chi connectivity index (χ1n) is 6.53. The molecule has 4 heteroatoms. The second kappa shape index (κ2) is 4.24. The first-order valence-corrected chi connectivity index (χ1v) is 6.53. The van der Waals surface area contributed by atoms with Gasteiger partial charge in [0.05, 0.1) is 0 Å². The van der Waals surface area contributed by atoms with Crippen molar-refractivity contribution in [2.45, 2.75) is 0 Å². The topological polar surface area (TPSA) is 66.5 Å². The molecule has 0 aliphatic carbocycles. The van der Waals surface area contributed by atoms with Crippen LogP contribution in [0, 0.1) is 0 Å². The zero-order chi connectivity index (χ0) is 14.4. The maximum Gasteiger partial charge on any atom is 0.227 e. The molecule has 0 radical (unpaired) electrons. The Kier molecular flexibility index (Phi) is 2.38. The summed E-state index contributed by atoms with van der Waals surface area (Å²) in [6, 6.07) is 15.8. The Morgan fingerprint density at radius 3 is 2.57 bits per heavy atom. The summed E-state index contributed by atoms with van der Waals surface area (Å²) >= 11 is 0. The van der Waals surface area contributed by atoms with Gasteiger partial charge in [-0.05, 0) is 29.7 Å². The van der Waals surface area contributed by atoms with Crippen molar-refractivity contribution in [3.63, 3.8) is 0 Å².